The molecular weight excluding hydrogens is 223 g/mol. The number of hydrogen-bond donors (Lipinski definition) is 1. The van der Waals surface area contributed by atoms with E-state index in [1.807, 2.05) is 19.0 Å². The average Bonchev–Trinajstić information content (AvgIpc) is 2.10. The van der Waals surface area contributed by atoms with Gasteiger partial charge in [-0.15, -0.1) is 13.2 Å². The van der Waals surface area contributed by atoms with Crippen molar-refractivity contribution < 1.29 is 18.0 Å². The van der Waals surface area contributed by atoms with E-state index in [9.17, 15) is 18.0 Å². The maximum atomic E-state index is 12.3. The molecule has 0 aliphatic rings. The second kappa shape index (κ2) is 6.57. The van der Waals surface area contributed by atoms with Gasteiger partial charge in [0, 0.05) is 13.1 Å². The Bertz CT molecular complexity index is 219. The number of amides is 2. The van der Waals surface area contributed by atoms with Gasteiger partial charge in [0.2, 0.25) is 0 Å². The van der Waals surface area contributed by atoms with Crippen molar-refractivity contribution in [2.24, 2.45) is 0 Å². The van der Waals surface area contributed by atoms with Crippen LogP contribution in [0.4, 0.5) is 18.0 Å². The van der Waals surface area contributed by atoms with E-state index in [0.717, 1.165) is 6.54 Å². The van der Waals surface area contributed by atoms with Crippen molar-refractivity contribution >= 4 is 6.03 Å². The fourth-order valence-corrected chi connectivity index (χ4v) is 1.12. The molecule has 0 aromatic heterocycles. The van der Waals surface area contributed by atoms with Crippen LogP contribution in [0.1, 0.15) is 13.3 Å². The first-order valence-electron chi connectivity index (χ1n) is 5.06. The van der Waals surface area contributed by atoms with Gasteiger partial charge in [-0.2, -0.15) is 0 Å². The molecule has 0 bridgehead atoms. The van der Waals surface area contributed by atoms with Crippen molar-refractivity contribution in [1.82, 2.24) is 15.1 Å². The summed E-state index contributed by atoms with van der Waals surface area (Å²) < 4.78 is 36.8. The summed E-state index contributed by atoms with van der Waals surface area (Å²) in [6, 6.07) is -1.09. The number of hydrogen-bond acceptors (Lipinski definition) is 2. The zero-order valence-electron chi connectivity index (χ0n) is 9.76. The van der Waals surface area contributed by atoms with Crippen LogP contribution in [0.25, 0.3) is 0 Å². The fraction of sp³-hybridized carbons (Fsp3) is 0.889. The summed E-state index contributed by atoms with van der Waals surface area (Å²) in [4.78, 5) is 12.9. The van der Waals surface area contributed by atoms with Crippen LogP contribution in [0.3, 0.4) is 0 Å². The second-order valence-electron chi connectivity index (χ2n) is 3.60. The van der Waals surface area contributed by atoms with E-state index in [0.29, 0.717) is 6.42 Å². The summed E-state index contributed by atoms with van der Waals surface area (Å²) in [5.41, 5.74) is 0. The lowest BCUT2D eigenvalue weighted by atomic mass is 10.4. The van der Waals surface area contributed by atoms with Crippen LogP contribution in [0.15, 0.2) is 0 Å². The quantitative estimate of drug-likeness (QED) is 0.584. The Morgan fingerprint density at radius 1 is 1.31 bits per heavy atom. The topological polar surface area (TPSA) is 35.6 Å². The molecule has 0 unspecified atom stereocenters. The van der Waals surface area contributed by atoms with E-state index >= 15 is 0 Å². The van der Waals surface area contributed by atoms with Gasteiger partial charge in [-0.3, -0.25) is 0 Å². The Labute approximate surface area is 93.4 Å². The van der Waals surface area contributed by atoms with Crippen LogP contribution in [0, 0.1) is 0 Å². The third kappa shape index (κ3) is 5.79. The zero-order chi connectivity index (χ0) is 12.8. The summed E-state index contributed by atoms with van der Waals surface area (Å²) in [6.45, 7) is 1.86. The van der Waals surface area contributed by atoms with Crippen LogP contribution in [-0.4, -0.2) is 55.9 Å². The Morgan fingerprint density at radius 2 is 1.88 bits per heavy atom. The van der Waals surface area contributed by atoms with Crippen molar-refractivity contribution in [3.05, 3.63) is 0 Å². The van der Waals surface area contributed by atoms with Gasteiger partial charge in [-0.25, -0.2) is 9.69 Å². The van der Waals surface area contributed by atoms with E-state index in [-0.39, 0.29) is 18.0 Å². The van der Waals surface area contributed by atoms with Crippen LogP contribution in [0.2, 0.25) is 0 Å². The molecule has 0 saturated carbocycles. The molecule has 1 N–H and O–H groups in total. The van der Waals surface area contributed by atoms with Crippen molar-refractivity contribution in [2.75, 3.05) is 33.7 Å². The van der Waals surface area contributed by atoms with E-state index in [1.54, 1.807) is 0 Å². The third-order valence-electron chi connectivity index (χ3n) is 1.93. The molecule has 96 valence electrons. The number of halogens is 3. The molecule has 0 aliphatic heterocycles. The van der Waals surface area contributed by atoms with Gasteiger partial charge in [-0.1, -0.05) is 0 Å². The molecule has 0 fully saturated rings. The van der Waals surface area contributed by atoms with Crippen molar-refractivity contribution in [3.63, 3.8) is 0 Å². The van der Waals surface area contributed by atoms with E-state index in [1.165, 1.54) is 6.92 Å². The summed E-state index contributed by atoms with van der Waals surface area (Å²) >= 11 is 0. The standard InChI is InChI=1S/C9H18F3N3O/c1-4-15(9(10,11)12)8(16)13-6-5-7-14(2)3/h4-7H2,1-3H3,(H,13,16). The summed E-state index contributed by atoms with van der Waals surface area (Å²) in [7, 11) is 3.71. The van der Waals surface area contributed by atoms with Crippen molar-refractivity contribution in [1.29, 1.82) is 0 Å². The monoisotopic (exact) mass is 241 g/mol. The number of rotatable bonds is 5. The number of carbonyl (C=O) groups excluding carboxylic acids is 1. The van der Waals surface area contributed by atoms with E-state index in [2.05, 4.69) is 5.32 Å². The van der Waals surface area contributed by atoms with Crippen molar-refractivity contribution in [2.45, 2.75) is 19.6 Å². The number of carbonyl (C=O) groups is 1. The predicted molar refractivity (Wildman–Crippen MR) is 55.0 cm³/mol. The van der Waals surface area contributed by atoms with Gasteiger partial charge in [0.05, 0.1) is 0 Å². The van der Waals surface area contributed by atoms with Crippen LogP contribution < -0.4 is 5.32 Å². The number of alkyl halides is 3. The molecule has 7 heteroatoms. The predicted octanol–water partition coefficient (Wildman–Crippen LogP) is 1.49. The fourth-order valence-electron chi connectivity index (χ4n) is 1.12. The molecule has 0 heterocycles. The van der Waals surface area contributed by atoms with Crippen molar-refractivity contribution in [3.8, 4) is 0 Å². The molecule has 0 spiro atoms. The highest BCUT2D eigenvalue weighted by atomic mass is 19.4. The first kappa shape index (κ1) is 15.0. The molecule has 0 rings (SSSR count). The molecule has 0 aromatic rings. The van der Waals surface area contributed by atoms with Crippen LogP contribution in [-0.2, 0) is 0 Å². The number of nitrogens with zero attached hydrogens (tertiary/aromatic N) is 2. The Kier molecular flexibility index (Phi) is 6.17. The van der Waals surface area contributed by atoms with E-state index in [4.69, 9.17) is 0 Å². The smallest absolute Gasteiger partial charge is 0.338 e. The SMILES string of the molecule is CCN(C(=O)NCCCN(C)C)C(F)(F)F. The molecule has 0 saturated heterocycles. The minimum absolute atomic E-state index is 0.150. The highest BCUT2D eigenvalue weighted by Gasteiger charge is 2.39. The third-order valence-corrected chi connectivity index (χ3v) is 1.93. The van der Waals surface area contributed by atoms with Gasteiger partial charge in [0.1, 0.15) is 0 Å². The minimum Gasteiger partial charge on any atom is -0.338 e. The number of urea groups is 1. The number of nitrogens with one attached hydrogen (secondary N) is 1. The maximum absolute atomic E-state index is 12.3. The normalized spacial score (nSPS) is 11.7. The highest BCUT2D eigenvalue weighted by molar-refractivity contribution is 5.74. The van der Waals surface area contributed by atoms with Crippen LogP contribution in [0.5, 0.6) is 0 Å². The zero-order valence-corrected chi connectivity index (χ0v) is 9.76. The molecule has 0 atom stereocenters. The lowest BCUT2D eigenvalue weighted by Crippen LogP contribution is -2.48. The summed E-state index contributed by atoms with van der Waals surface area (Å²) in [5, 5.41) is 2.24. The summed E-state index contributed by atoms with van der Waals surface area (Å²) in [6.07, 6.45) is -3.99. The molecule has 0 aliphatic carbocycles. The van der Waals surface area contributed by atoms with Gasteiger partial charge in [0.15, 0.2) is 0 Å². The lowest BCUT2D eigenvalue weighted by molar-refractivity contribution is -0.222. The van der Waals surface area contributed by atoms with Gasteiger partial charge in [-0.05, 0) is 34.0 Å². The molecule has 0 radical (unpaired) electrons. The largest absolute Gasteiger partial charge is 0.488 e. The first-order valence-corrected chi connectivity index (χ1v) is 5.06. The van der Waals surface area contributed by atoms with Gasteiger partial charge >= 0.3 is 12.3 Å². The summed E-state index contributed by atoms with van der Waals surface area (Å²) in [5.74, 6) is 0. The Hall–Kier alpha value is -0.980. The Balaban J connectivity index is 3.95. The minimum atomic E-state index is -4.61. The second-order valence-corrected chi connectivity index (χ2v) is 3.60. The lowest BCUT2D eigenvalue weighted by Gasteiger charge is -2.23. The Morgan fingerprint density at radius 3 is 2.25 bits per heavy atom. The maximum Gasteiger partial charge on any atom is 0.488 e. The molecule has 0 aromatic carbocycles. The molecule has 2 amide bonds. The van der Waals surface area contributed by atoms with E-state index < -0.39 is 12.3 Å². The molecule has 16 heavy (non-hydrogen) atoms. The first-order chi connectivity index (χ1) is 7.29. The highest BCUT2D eigenvalue weighted by Crippen LogP contribution is 2.20. The van der Waals surface area contributed by atoms with Crippen LogP contribution >= 0.6 is 0 Å². The molecule has 4 nitrogen and oxygen atoms in total. The average molecular weight is 241 g/mol. The van der Waals surface area contributed by atoms with Gasteiger partial charge in [0.25, 0.3) is 0 Å². The van der Waals surface area contributed by atoms with Gasteiger partial charge < -0.3 is 10.2 Å². The molecular formula is C9H18F3N3O.